The first-order chi connectivity index (χ1) is 14.4. The number of carbonyl (C=O) groups is 1. The summed E-state index contributed by atoms with van der Waals surface area (Å²) in [5.41, 5.74) is 2.57. The number of fused-ring (bicyclic) bond motifs is 1. The first-order valence-corrected chi connectivity index (χ1v) is 9.24. The van der Waals surface area contributed by atoms with Crippen molar-refractivity contribution < 1.29 is 13.9 Å². The quantitative estimate of drug-likeness (QED) is 0.552. The standard InChI is InChI=1S/C22H19FN4O3/c1-14-3-6-16(23)11-18(14)24-21(28)13-26-9-10-27-20(22(26)29)12-19(25-27)15-4-7-17(30-2)8-5-15/h3-12H,13H2,1-2H3,(H,24,28). The van der Waals surface area contributed by atoms with Crippen LogP contribution in [0.2, 0.25) is 0 Å². The summed E-state index contributed by atoms with van der Waals surface area (Å²) in [6.07, 6.45) is 3.11. The van der Waals surface area contributed by atoms with Gasteiger partial charge in [-0.15, -0.1) is 0 Å². The van der Waals surface area contributed by atoms with Gasteiger partial charge < -0.3 is 14.6 Å². The molecule has 7 nitrogen and oxygen atoms in total. The van der Waals surface area contributed by atoms with Crippen molar-refractivity contribution in [2.45, 2.75) is 13.5 Å². The summed E-state index contributed by atoms with van der Waals surface area (Å²) in [7, 11) is 1.59. The summed E-state index contributed by atoms with van der Waals surface area (Å²) >= 11 is 0. The summed E-state index contributed by atoms with van der Waals surface area (Å²) in [5, 5.41) is 7.07. The van der Waals surface area contributed by atoms with Crippen molar-refractivity contribution in [2.24, 2.45) is 0 Å². The fraction of sp³-hybridized carbons (Fsp3) is 0.136. The van der Waals surface area contributed by atoms with E-state index in [-0.39, 0.29) is 12.1 Å². The molecule has 0 aliphatic rings. The van der Waals surface area contributed by atoms with E-state index in [4.69, 9.17) is 4.74 Å². The van der Waals surface area contributed by atoms with Crippen molar-refractivity contribution in [1.82, 2.24) is 14.2 Å². The molecule has 2 aromatic heterocycles. The number of rotatable bonds is 5. The molecule has 0 spiro atoms. The highest BCUT2D eigenvalue weighted by atomic mass is 19.1. The van der Waals surface area contributed by atoms with E-state index in [1.165, 1.54) is 27.4 Å². The van der Waals surface area contributed by atoms with Crippen LogP contribution in [0.1, 0.15) is 5.56 Å². The van der Waals surface area contributed by atoms with Gasteiger partial charge >= 0.3 is 0 Å². The number of aryl methyl sites for hydroxylation is 1. The Kier molecular flexibility index (Phi) is 5.05. The molecule has 2 aromatic carbocycles. The smallest absolute Gasteiger partial charge is 0.277 e. The highest BCUT2D eigenvalue weighted by Crippen LogP contribution is 2.21. The summed E-state index contributed by atoms with van der Waals surface area (Å²) in [6, 6.07) is 13.2. The van der Waals surface area contributed by atoms with E-state index in [9.17, 15) is 14.0 Å². The van der Waals surface area contributed by atoms with Gasteiger partial charge in [-0.1, -0.05) is 6.07 Å². The van der Waals surface area contributed by atoms with Crippen LogP contribution in [0.15, 0.2) is 65.7 Å². The molecular formula is C22H19FN4O3. The number of nitrogens with one attached hydrogen (secondary N) is 1. The maximum atomic E-state index is 13.4. The van der Waals surface area contributed by atoms with Crippen LogP contribution in [0.3, 0.4) is 0 Å². The zero-order chi connectivity index (χ0) is 21.3. The Balaban J connectivity index is 1.59. The fourth-order valence-corrected chi connectivity index (χ4v) is 3.13. The molecule has 0 radical (unpaired) electrons. The first-order valence-electron chi connectivity index (χ1n) is 9.24. The molecule has 152 valence electrons. The molecule has 4 rings (SSSR count). The average molecular weight is 406 g/mol. The molecule has 30 heavy (non-hydrogen) atoms. The van der Waals surface area contributed by atoms with E-state index in [2.05, 4.69) is 10.4 Å². The summed E-state index contributed by atoms with van der Waals surface area (Å²) < 4.78 is 21.3. The molecule has 0 aliphatic carbocycles. The van der Waals surface area contributed by atoms with E-state index in [0.29, 0.717) is 16.9 Å². The second-order valence-corrected chi connectivity index (χ2v) is 6.83. The van der Waals surface area contributed by atoms with Crippen molar-refractivity contribution in [3.05, 3.63) is 82.7 Å². The van der Waals surface area contributed by atoms with Gasteiger partial charge in [0.2, 0.25) is 5.91 Å². The number of carbonyl (C=O) groups excluding carboxylic acids is 1. The monoisotopic (exact) mass is 406 g/mol. The molecule has 4 aromatic rings. The van der Waals surface area contributed by atoms with Crippen molar-refractivity contribution in [2.75, 3.05) is 12.4 Å². The van der Waals surface area contributed by atoms with Crippen LogP contribution in [0.25, 0.3) is 16.8 Å². The van der Waals surface area contributed by atoms with E-state index < -0.39 is 11.7 Å². The highest BCUT2D eigenvalue weighted by molar-refractivity contribution is 5.91. The number of halogens is 1. The predicted molar refractivity (Wildman–Crippen MR) is 111 cm³/mol. The van der Waals surface area contributed by atoms with Gasteiger partial charge in [-0.25, -0.2) is 8.91 Å². The van der Waals surface area contributed by atoms with E-state index in [1.807, 2.05) is 24.3 Å². The van der Waals surface area contributed by atoms with Gasteiger partial charge in [0, 0.05) is 23.6 Å². The molecule has 0 saturated heterocycles. The second kappa shape index (κ2) is 7.82. The number of aromatic nitrogens is 3. The second-order valence-electron chi connectivity index (χ2n) is 6.83. The zero-order valence-corrected chi connectivity index (χ0v) is 16.4. The summed E-state index contributed by atoms with van der Waals surface area (Å²) in [6.45, 7) is 1.56. The molecule has 2 heterocycles. The predicted octanol–water partition coefficient (Wildman–Crippen LogP) is 3.26. The number of benzene rings is 2. The van der Waals surface area contributed by atoms with Crippen molar-refractivity contribution in [3.63, 3.8) is 0 Å². The molecule has 1 amide bonds. The first kappa shape index (κ1) is 19.4. The van der Waals surface area contributed by atoms with Crippen LogP contribution < -0.4 is 15.6 Å². The molecule has 0 atom stereocenters. The third kappa shape index (κ3) is 3.80. The van der Waals surface area contributed by atoms with Crippen LogP contribution >= 0.6 is 0 Å². The fourth-order valence-electron chi connectivity index (χ4n) is 3.13. The van der Waals surface area contributed by atoms with Gasteiger partial charge in [0.25, 0.3) is 5.56 Å². The van der Waals surface area contributed by atoms with Crippen LogP contribution in [-0.4, -0.2) is 27.2 Å². The molecule has 0 fully saturated rings. The van der Waals surface area contributed by atoms with Crippen molar-refractivity contribution in [1.29, 1.82) is 0 Å². The highest BCUT2D eigenvalue weighted by Gasteiger charge is 2.12. The lowest BCUT2D eigenvalue weighted by Crippen LogP contribution is -2.28. The number of ether oxygens (including phenoxy) is 1. The van der Waals surface area contributed by atoms with Crippen LogP contribution in [0.5, 0.6) is 5.75 Å². The lowest BCUT2D eigenvalue weighted by atomic mass is 10.1. The Labute approximate surface area is 171 Å². The Morgan fingerprint density at radius 1 is 1.13 bits per heavy atom. The maximum Gasteiger partial charge on any atom is 0.277 e. The SMILES string of the molecule is COc1ccc(-c2cc3c(=O)n(CC(=O)Nc4cc(F)ccc4C)ccn3n2)cc1. The number of hydrogen-bond donors (Lipinski definition) is 1. The van der Waals surface area contributed by atoms with Crippen LogP contribution in [0, 0.1) is 12.7 Å². The lowest BCUT2D eigenvalue weighted by Gasteiger charge is -2.10. The molecule has 0 unspecified atom stereocenters. The zero-order valence-electron chi connectivity index (χ0n) is 16.4. The Bertz CT molecular complexity index is 1290. The van der Waals surface area contributed by atoms with Crippen LogP contribution in [-0.2, 0) is 11.3 Å². The molecule has 1 N–H and O–H groups in total. The van der Waals surface area contributed by atoms with Crippen molar-refractivity contribution in [3.8, 4) is 17.0 Å². The van der Waals surface area contributed by atoms with E-state index in [0.717, 1.165) is 16.9 Å². The topological polar surface area (TPSA) is 77.6 Å². The number of hydrogen-bond acceptors (Lipinski definition) is 4. The van der Waals surface area contributed by atoms with Crippen molar-refractivity contribution >= 4 is 17.1 Å². The molecule has 8 heteroatoms. The molecule has 0 bridgehead atoms. The maximum absolute atomic E-state index is 13.4. The number of amides is 1. The van der Waals surface area contributed by atoms with Gasteiger partial charge in [-0.2, -0.15) is 5.10 Å². The number of nitrogens with zero attached hydrogens (tertiary/aromatic N) is 3. The molecular weight excluding hydrogens is 387 g/mol. The largest absolute Gasteiger partial charge is 0.497 e. The third-order valence-electron chi connectivity index (χ3n) is 4.78. The third-order valence-corrected chi connectivity index (χ3v) is 4.78. The normalized spacial score (nSPS) is 10.9. The number of methoxy groups -OCH3 is 1. The van der Waals surface area contributed by atoms with E-state index >= 15 is 0 Å². The van der Waals surface area contributed by atoms with Gasteiger partial charge in [-0.05, 0) is 55.0 Å². The minimum atomic E-state index is -0.445. The van der Waals surface area contributed by atoms with Crippen LogP contribution in [0.4, 0.5) is 10.1 Å². The minimum Gasteiger partial charge on any atom is -0.497 e. The molecule has 0 saturated carbocycles. The van der Waals surface area contributed by atoms with Gasteiger partial charge in [0.15, 0.2) is 0 Å². The average Bonchev–Trinajstić information content (AvgIpc) is 3.18. The van der Waals surface area contributed by atoms with Gasteiger partial charge in [0.1, 0.15) is 23.6 Å². The van der Waals surface area contributed by atoms with E-state index in [1.54, 1.807) is 32.4 Å². The lowest BCUT2D eigenvalue weighted by molar-refractivity contribution is -0.116. The minimum absolute atomic E-state index is 0.200. The Morgan fingerprint density at radius 3 is 2.63 bits per heavy atom. The Morgan fingerprint density at radius 2 is 1.90 bits per heavy atom. The van der Waals surface area contributed by atoms with Gasteiger partial charge in [0.05, 0.1) is 12.8 Å². The Hall–Kier alpha value is -3.94. The molecule has 0 aliphatic heterocycles. The summed E-state index contributed by atoms with van der Waals surface area (Å²) in [4.78, 5) is 25.2. The summed E-state index contributed by atoms with van der Waals surface area (Å²) in [5.74, 6) is -0.144. The van der Waals surface area contributed by atoms with Gasteiger partial charge in [-0.3, -0.25) is 9.59 Å². The number of anilines is 1.